The maximum Gasteiger partial charge on any atom is 0.269 e. The standard InChI is InChI=1S/C12H17N3O4/c16-11-7-14-10(12(11)17)6-13-5-8-2-1-3-9(4-8)15(18)19/h1-4,10-14,16-17H,5-7H2/t10-,11+,12+/m1/s1. The molecular weight excluding hydrogens is 250 g/mol. The monoisotopic (exact) mass is 267 g/mol. The number of aliphatic hydroxyl groups is 2. The van der Waals surface area contributed by atoms with Crippen LogP contribution in [0.25, 0.3) is 0 Å². The molecule has 7 nitrogen and oxygen atoms in total. The molecule has 1 aromatic carbocycles. The third-order valence-corrected chi connectivity index (χ3v) is 3.21. The summed E-state index contributed by atoms with van der Waals surface area (Å²) in [6, 6.07) is 6.20. The summed E-state index contributed by atoms with van der Waals surface area (Å²) < 4.78 is 0. The molecule has 1 aliphatic rings. The fourth-order valence-electron chi connectivity index (χ4n) is 2.13. The minimum absolute atomic E-state index is 0.0637. The van der Waals surface area contributed by atoms with Gasteiger partial charge in [-0.3, -0.25) is 10.1 Å². The molecule has 3 atom stereocenters. The third-order valence-electron chi connectivity index (χ3n) is 3.21. The van der Waals surface area contributed by atoms with Gasteiger partial charge in [0.05, 0.1) is 17.1 Å². The minimum atomic E-state index is -0.780. The van der Waals surface area contributed by atoms with Crippen molar-refractivity contribution in [1.82, 2.24) is 10.6 Å². The Bertz CT molecular complexity index is 454. The van der Waals surface area contributed by atoms with E-state index in [0.717, 1.165) is 5.56 Å². The van der Waals surface area contributed by atoms with Crippen LogP contribution < -0.4 is 10.6 Å². The Balaban J connectivity index is 1.83. The Labute approximate surface area is 110 Å². The number of hydrogen-bond donors (Lipinski definition) is 4. The van der Waals surface area contributed by atoms with Crippen molar-refractivity contribution in [1.29, 1.82) is 0 Å². The number of non-ortho nitro benzene ring substituents is 1. The molecule has 1 fully saturated rings. The molecule has 7 heteroatoms. The van der Waals surface area contributed by atoms with Crippen molar-refractivity contribution >= 4 is 5.69 Å². The Morgan fingerprint density at radius 2 is 2.26 bits per heavy atom. The van der Waals surface area contributed by atoms with Crippen molar-refractivity contribution in [3.8, 4) is 0 Å². The summed E-state index contributed by atoms with van der Waals surface area (Å²) in [5.41, 5.74) is 0.871. The molecule has 0 unspecified atom stereocenters. The highest BCUT2D eigenvalue weighted by atomic mass is 16.6. The predicted molar refractivity (Wildman–Crippen MR) is 68.6 cm³/mol. The van der Waals surface area contributed by atoms with Gasteiger partial charge in [-0.05, 0) is 5.56 Å². The lowest BCUT2D eigenvalue weighted by Gasteiger charge is -2.16. The highest BCUT2D eigenvalue weighted by molar-refractivity contribution is 5.34. The smallest absolute Gasteiger partial charge is 0.269 e. The van der Waals surface area contributed by atoms with Gasteiger partial charge in [-0.25, -0.2) is 0 Å². The van der Waals surface area contributed by atoms with Gasteiger partial charge in [0.2, 0.25) is 0 Å². The zero-order chi connectivity index (χ0) is 13.8. The van der Waals surface area contributed by atoms with E-state index >= 15 is 0 Å². The van der Waals surface area contributed by atoms with Crippen LogP contribution in [0.15, 0.2) is 24.3 Å². The van der Waals surface area contributed by atoms with E-state index in [1.807, 2.05) is 0 Å². The van der Waals surface area contributed by atoms with Crippen LogP contribution in [0.5, 0.6) is 0 Å². The number of β-amino-alcohol motifs (C(OH)–C–C–N with tert-alkyl or cyclic N) is 1. The second kappa shape index (κ2) is 6.07. The fourth-order valence-corrected chi connectivity index (χ4v) is 2.13. The van der Waals surface area contributed by atoms with E-state index in [1.165, 1.54) is 12.1 Å². The first-order valence-electron chi connectivity index (χ1n) is 6.11. The van der Waals surface area contributed by atoms with Crippen molar-refractivity contribution < 1.29 is 15.1 Å². The van der Waals surface area contributed by atoms with Gasteiger partial charge in [0, 0.05) is 37.8 Å². The van der Waals surface area contributed by atoms with Crippen LogP contribution in [0.4, 0.5) is 5.69 Å². The molecule has 0 amide bonds. The molecule has 19 heavy (non-hydrogen) atoms. The number of nitrogens with zero attached hydrogens (tertiary/aromatic N) is 1. The number of nitrogens with one attached hydrogen (secondary N) is 2. The van der Waals surface area contributed by atoms with Gasteiger partial charge in [-0.1, -0.05) is 12.1 Å². The molecule has 2 rings (SSSR count). The Kier molecular flexibility index (Phi) is 4.43. The first-order chi connectivity index (χ1) is 9.08. The molecule has 1 heterocycles. The number of nitro benzene ring substituents is 1. The van der Waals surface area contributed by atoms with E-state index in [0.29, 0.717) is 19.6 Å². The van der Waals surface area contributed by atoms with Gasteiger partial charge in [-0.2, -0.15) is 0 Å². The van der Waals surface area contributed by atoms with Crippen LogP contribution in [-0.4, -0.2) is 46.5 Å². The Hall–Kier alpha value is -1.54. The van der Waals surface area contributed by atoms with Crippen molar-refractivity contribution in [3.63, 3.8) is 0 Å². The minimum Gasteiger partial charge on any atom is -0.389 e. The lowest BCUT2D eigenvalue weighted by atomic mass is 10.1. The Morgan fingerprint density at radius 3 is 2.89 bits per heavy atom. The van der Waals surface area contributed by atoms with Crippen LogP contribution in [-0.2, 0) is 6.54 Å². The second-order valence-corrected chi connectivity index (χ2v) is 4.63. The zero-order valence-corrected chi connectivity index (χ0v) is 10.3. The van der Waals surface area contributed by atoms with Gasteiger partial charge >= 0.3 is 0 Å². The SMILES string of the molecule is O=[N+]([O-])c1cccc(CNC[C@H]2NC[C@H](O)[C@H]2O)c1. The molecule has 0 radical (unpaired) electrons. The van der Waals surface area contributed by atoms with Gasteiger partial charge < -0.3 is 20.8 Å². The molecule has 1 aliphatic heterocycles. The second-order valence-electron chi connectivity index (χ2n) is 4.63. The van der Waals surface area contributed by atoms with E-state index in [9.17, 15) is 20.3 Å². The molecule has 4 N–H and O–H groups in total. The van der Waals surface area contributed by atoms with Crippen LogP contribution in [0, 0.1) is 10.1 Å². The predicted octanol–water partition coefficient (Wildman–Crippen LogP) is -0.622. The van der Waals surface area contributed by atoms with E-state index < -0.39 is 17.1 Å². The Morgan fingerprint density at radius 1 is 1.47 bits per heavy atom. The molecule has 0 aliphatic carbocycles. The number of benzene rings is 1. The van der Waals surface area contributed by atoms with Crippen molar-refractivity contribution in [2.45, 2.75) is 24.8 Å². The topological polar surface area (TPSA) is 108 Å². The number of nitro groups is 1. The van der Waals surface area contributed by atoms with Crippen molar-refractivity contribution in [2.75, 3.05) is 13.1 Å². The van der Waals surface area contributed by atoms with Crippen molar-refractivity contribution in [3.05, 3.63) is 39.9 Å². The van der Waals surface area contributed by atoms with E-state index in [2.05, 4.69) is 10.6 Å². The van der Waals surface area contributed by atoms with Crippen molar-refractivity contribution in [2.24, 2.45) is 0 Å². The lowest BCUT2D eigenvalue weighted by Crippen LogP contribution is -2.41. The summed E-state index contributed by atoms with van der Waals surface area (Å²) in [5, 5.41) is 35.7. The maximum absolute atomic E-state index is 10.6. The van der Waals surface area contributed by atoms with E-state index in [1.54, 1.807) is 12.1 Å². The zero-order valence-electron chi connectivity index (χ0n) is 10.3. The number of hydrogen-bond acceptors (Lipinski definition) is 6. The van der Waals surface area contributed by atoms with E-state index in [4.69, 9.17) is 0 Å². The summed E-state index contributed by atoms with van der Waals surface area (Å²) in [7, 11) is 0. The quantitative estimate of drug-likeness (QED) is 0.418. The number of aliphatic hydroxyl groups excluding tert-OH is 2. The normalized spacial score (nSPS) is 26.5. The molecule has 0 saturated carbocycles. The van der Waals surface area contributed by atoms with Gasteiger partial charge in [0.1, 0.15) is 0 Å². The summed E-state index contributed by atoms with van der Waals surface area (Å²) in [6.07, 6.45) is -1.51. The fraction of sp³-hybridized carbons (Fsp3) is 0.500. The maximum atomic E-state index is 10.6. The average Bonchev–Trinajstić information content (AvgIpc) is 2.71. The van der Waals surface area contributed by atoms with Crippen LogP contribution in [0.1, 0.15) is 5.56 Å². The molecular formula is C12H17N3O4. The van der Waals surface area contributed by atoms with Crippen LogP contribution >= 0.6 is 0 Å². The van der Waals surface area contributed by atoms with Crippen LogP contribution in [0.2, 0.25) is 0 Å². The molecule has 0 aromatic heterocycles. The highest BCUT2D eigenvalue weighted by Gasteiger charge is 2.32. The molecule has 0 bridgehead atoms. The largest absolute Gasteiger partial charge is 0.389 e. The third kappa shape index (κ3) is 3.48. The van der Waals surface area contributed by atoms with E-state index in [-0.39, 0.29) is 11.7 Å². The number of rotatable bonds is 5. The van der Waals surface area contributed by atoms with Gasteiger partial charge in [0.15, 0.2) is 0 Å². The lowest BCUT2D eigenvalue weighted by molar-refractivity contribution is -0.384. The first kappa shape index (κ1) is 13.9. The van der Waals surface area contributed by atoms with Gasteiger partial charge in [0.25, 0.3) is 5.69 Å². The average molecular weight is 267 g/mol. The first-order valence-corrected chi connectivity index (χ1v) is 6.11. The molecule has 104 valence electrons. The summed E-state index contributed by atoms with van der Waals surface area (Å²) in [4.78, 5) is 10.2. The molecule has 1 saturated heterocycles. The van der Waals surface area contributed by atoms with Gasteiger partial charge in [-0.15, -0.1) is 0 Å². The molecule has 1 aromatic rings. The highest BCUT2D eigenvalue weighted by Crippen LogP contribution is 2.13. The summed E-state index contributed by atoms with van der Waals surface area (Å²) in [6.45, 7) is 1.34. The van der Waals surface area contributed by atoms with Crippen LogP contribution in [0.3, 0.4) is 0 Å². The summed E-state index contributed by atoms with van der Waals surface area (Å²) in [5.74, 6) is 0. The summed E-state index contributed by atoms with van der Waals surface area (Å²) >= 11 is 0. The molecule has 0 spiro atoms.